The number of nitrogens with one attached hydrogen (secondary N) is 1. The lowest BCUT2D eigenvalue weighted by Gasteiger charge is -2.27. The minimum Gasteiger partial charge on any atom is -0.333 e. The predicted molar refractivity (Wildman–Crippen MR) is 162 cm³/mol. The number of halogens is 1. The van der Waals surface area contributed by atoms with Crippen molar-refractivity contribution in [1.29, 1.82) is 0 Å². The number of aromatic nitrogens is 2. The summed E-state index contributed by atoms with van der Waals surface area (Å²) in [5.41, 5.74) is 3.03. The number of hydrogen-bond acceptors (Lipinski definition) is 3. The maximum Gasteiger partial charge on any atom is 0.245 e. The standard InChI is InChI=1S/C33H37ClN4O2/c1-5-6-21-37(32(40)31(24-15-9-7-10-16-24)25-17-11-8-12-18-25)23-30(39)35-29-22-28(33(2,3)4)36-38(29)27-20-14-13-19-26(27)34/h7-20,22,31H,5-6,21,23H2,1-4H3,(H,35,39). The van der Waals surface area contributed by atoms with Crippen molar-refractivity contribution in [2.75, 3.05) is 18.4 Å². The zero-order valence-corrected chi connectivity index (χ0v) is 24.4. The van der Waals surface area contributed by atoms with E-state index in [0.717, 1.165) is 29.7 Å². The Morgan fingerprint density at radius 3 is 2.05 bits per heavy atom. The third-order valence-electron chi connectivity index (χ3n) is 6.77. The second-order valence-corrected chi connectivity index (χ2v) is 11.4. The number of para-hydroxylation sites is 1. The first-order valence-electron chi connectivity index (χ1n) is 13.7. The zero-order chi connectivity index (χ0) is 28.7. The normalized spacial score (nSPS) is 11.4. The molecule has 3 aromatic carbocycles. The van der Waals surface area contributed by atoms with Gasteiger partial charge in [0.15, 0.2) is 0 Å². The fraction of sp³-hybridized carbons (Fsp3) is 0.303. The van der Waals surface area contributed by atoms with E-state index in [1.54, 1.807) is 15.6 Å². The quantitative estimate of drug-likeness (QED) is 0.224. The molecule has 0 radical (unpaired) electrons. The van der Waals surface area contributed by atoms with Crippen molar-refractivity contribution < 1.29 is 9.59 Å². The van der Waals surface area contributed by atoms with Crippen molar-refractivity contribution in [2.45, 2.75) is 51.9 Å². The van der Waals surface area contributed by atoms with Gasteiger partial charge in [-0.2, -0.15) is 5.10 Å². The van der Waals surface area contributed by atoms with Gasteiger partial charge in [-0.1, -0.05) is 119 Å². The minimum absolute atomic E-state index is 0.0758. The summed E-state index contributed by atoms with van der Waals surface area (Å²) in [6, 6.07) is 28.7. The highest BCUT2D eigenvalue weighted by Crippen LogP contribution is 2.30. The molecule has 0 saturated carbocycles. The molecule has 0 spiro atoms. The maximum atomic E-state index is 14.1. The third-order valence-corrected chi connectivity index (χ3v) is 7.09. The van der Waals surface area contributed by atoms with Crippen molar-refractivity contribution in [3.8, 4) is 5.69 Å². The van der Waals surface area contributed by atoms with E-state index >= 15 is 0 Å². The summed E-state index contributed by atoms with van der Waals surface area (Å²) in [5.74, 6) is -0.393. The number of carbonyl (C=O) groups is 2. The molecule has 40 heavy (non-hydrogen) atoms. The number of anilines is 1. The smallest absolute Gasteiger partial charge is 0.245 e. The van der Waals surface area contributed by atoms with Gasteiger partial charge in [-0.25, -0.2) is 4.68 Å². The summed E-state index contributed by atoms with van der Waals surface area (Å²) in [4.78, 5) is 29.3. The molecule has 7 heteroatoms. The Hall–Kier alpha value is -3.90. The summed E-state index contributed by atoms with van der Waals surface area (Å²) in [6.45, 7) is 8.68. The van der Waals surface area contributed by atoms with Crippen LogP contribution in [0.5, 0.6) is 0 Å². The van der Waals surface area contributed by atoms with Crippen LogP contribution in [0.1, 0.15) is 63.3 Å². The van der Waals surface area contributed by atoms with Gasteiger partial charge in [-0.3, -0.25) is 9.59 Å². The van der Waals surface area contributed by atoms with Crippen LogP contribution in [0.4, 0.5) is 5.82 Å². The van der Waals surface area contributed by atoms with Gasteiger partial charge in [0.05, 0.1) is 28.9 Å². The Balaban J connectivity index is 1.64. The highest BCUT2D eigenvalue weighted by Gasteiger charge is 2.29. The maximum absolute atomic E-state index is 14.1. The van der Waals surface area contributed by atoms with Gasteiger partial charge in [0.25, 0.3) is 0 Å². The van der Waals surface area contributed by atoms with Crippen molar-refractivity contribution >= 4 is 29.2 Å². The monoisotopic (exact) mass is 556 g/mol. The van der Waals surface area contributed by atoms with E-state index in [4.69, 9.17) is 16.7 Å². The van der Waals surface area contributed by atoms with Crippen LogP contribution < -0.4 is 5.32 Å². The van der Waals surface area contributed by atoms with E-state index in [1.165, 1.54) is 0 Å². The Morgan fingerprint density at radius 1 is 0.925 bits per heavy atom. The van der Waals surface area contributed by atoms with E-state index in [-0.39, 0.29) is 23.8 Å². The molecule has 208 valence electrons. The SMILES string of the molecule is CCCCN(CC(=O)Nc1cc(C(C)(C)C)nn1-c1ccccc1Cl)C(=O)C(c1ccccc1)c1ccccc1. The van der Waals surface area contributed by atoms with E-state index in [0.29, 0.717) is 23.1 Å². The van der Waals surface area contributed by atoms with E-state index in [1.807, 2.05) is 84.9 Å². The second kappa shape index (κ2) is 13.0. The lowest BCUT2D eigenvalue weighted by Crippen LogP contribution is -2.41. The number of nitrogens with zero attached hydrogens (tertiary/aromatic N) is 3. The Morgan fingerprint density at radius 2 is 1.50 bits per heavy atom. The number of benzene rings is 3. The van der Waals surface area contributed by atoms with E-state index < -0.39 is 5.92 Å². The largest absolute Gasteiger partial charge is 0.333 e. The molecule has 1 aromatic heterocycles. The molecular formula is C33H37ClN4O2. The average Bonchev–Trinajstić information content (AvgIpc) is 3.36. The van der Waals surface area contributed by atoms with Gasteiger partial charge in [-0.15, -0.1) is 0 Å². The molecule has 0 aliphatic carbocycles. The van der Waals surface area contributed by atoms with Gasteiger partial charge in [0.2, 0.25) is 11.8 Å². The fourth-order valence-electron chi connectivity index (χ4n) is 4.57. The van der Waals surface area contributed by atoms with Crippen molar-refractivity contribution in [3.05, 3.63) is 113 Å². The van der Waals surface area contributed by atoms with Crippen molar-refractivity contribution in [2.24, 2.45) is 0 Å². The summed E-state index contributed by atoms with van der Waals surface area (Å²) in [7, 11) is 0. The first-order chi connectivity index (χ1) is 19.2. The van der Waals surface area contributed by atoms with E-state index in [2.05, 4.69) is 33.0 Å². The number of unbranched alkanes of at least 4 members (excludes halogenated alkanes) is 1. The van der Waals surface area contributed by atoms with Crippen LogP contribution in [0.25, 0.3) is 5.69 Å². The molecule has 0 bridgehead atoms. The molecule has 0 aliphatic heterocycles. The van der Waals surface area contributed by atoms with Crippen LogP contribution in [0, 0.1) is 0 Å². The number of carbonyl (C=O) groups excluding carboxylic acids is 2. The van der Waals surface area contributed by atoms with Gasteiger partial charge >= 0.3 is 0 Å². The first kappa shape index (κ1) is 29.1. The molecule has 1 heterocycles. The van der Waals surface area contributed by atoms with Crippen LogP contribution in [0.3, 0.4) is 0 Å². The minimum atomic E-state index is -0.506. The Kier molecular flexibility index (Phi) is 9.43. The van der Waals surface area contributed by atoms with Crippen LogP contribution in [0.2, 0.25) is 5.02 Å². The molecule has 0 atom stereocenters. The lowest BCUT2D eigenvalue weighted by molar-refractivity contribution is -0.135. The summed E-state index contributed by atoms with van der Waals surface area (Å²) in [6.07, 6.45) is 1.70. The van der Waals surface area contributed by atoms with Gasteiger partial charge < -0.3 is 10.2 Å². The predicted octanol–water partition coefficient (Wildman–Crippen LogP) is 7.22. The zero-order valence-electron chi connectivity index (χ0n) is 23.6. The van der Waals surface area contributed by atoms with E-state index in [9.17, 15) is 9.59 Å². The summed E-state index contributed by atoms with van der Waals surface area (Å²) in [5, 5.41) is 8.31. The topological polar surface area (TPSA) is 67.2 Å². The molecule has 2 amide bonds. The van der Waals surface area contributed by atoms with Crippen molar-refractivity contribution in [3.63, 3.8) is 0 Å². The fourth-order valence-corrected chi connectivity index (χ4v) is 4.78. The first-order valence-corrected chi connectivity index (χ1v) is 14.1. The van der Waals surface area contributed by atoms with Crippen LogP contribution in [-0.2, 0) is 15.0 Å². The molecule has 4 rings (SSSR count). The second-order valence-electron chi connectivity index (χ2n) is 10.9. The molecule has 0 aliphatic rings. The van der Waals surface area contributed by atoms with Crippen LogP contribution in [-0.4, -0.2) is 39.6 Å². The molecule has 1 N–H and O–H groups in total. The Labute approximate surface area is 242 Å². The highest BCUT2D eigenvalue weighted by molar-refractivity contribution is 6.32. The molecule has 6 nitrogen and oxygen atoms in total. The third kappa shape index (κ3) is 6.99. The number of rotatable bonds is 10. The molecular weight excluding hydrogens is 520 g/mol. The van der Waals surface area contributed by atoms with Gasteiger partial charge in [0.1, 0.15) is 5.82 Å². The number of hydrogen-bond donors (Lipinski definition) is 1. The van der Waals surface area contributed by atoms with Crippen LogP contribution in [0.15, 0.2) is 91.0 Å². The molecule has 0 fully saturated rings. The Bertz CT molecular complexity index is 1390. The van der Waals surface area contributed by atoms with Crippen molar-refractivity contribution in [1.82, 2.24) is 14.7 Å². The molecule has 4 aromatic rings. The highest BCUT2D eigenvalue weighted by atomic mass is 35.5. The average molecular weight is 557 g/mol. The lowest BCUT2D eigenvalue weighted by atomic mass is 9.90. The summed E-state index contributed by atoms with van der Waals surface area (Å²) >= 11 is 6.50. The van der Waals surface area contributed by atoms with Crippen LogP contribution >= 0.6 is 11.6 Å². The molecule has 0 unspecified atom stereocenters. The summed E-state index contributed by atoms with van der Waals surface area (Å²) < 4.78 is 1.66. The number of amides is 2. The van der Waals surface area contributed by atoms with Gasteiger partial charge in [-0.05, 0) is 29.7 Å². The van der Waals surface area contributed by atoms with Gasteiger partial charge in [0, 0.05) is 18.0 Å². The molecule has 0 saturated heterocycles.